The lowest BCUT2D eigenvalue weighted by Gasteiger charge is -2.28. The van der Waals surface area contributed by atoms with E-state index in [2.05, 4.69) is 0 Å². The summed E-state index contributed by atoms with van der Waals surface area (Å²) in [6, 6.07) is 8.87. The zero-order valence-corrected chi connectivity index (χ0v) is 18.1. The summed E-state index contributed by atoms with van der Waals surface area (Å²) >= 11 is 0.960. The number of anilines is 1. The van der Waals surface area contributed by atoms with Crippen LogP contribution in [0.3, 0.4) is 0 Å². The first kappa shape index (κ1) is 22.4. The number of hydrogen-bond donors (Lipinski definition) is 1. The second kappa shape index (κ2) is 8.24. The number of thiophene rings is 1. The number of ether oxygens (including phenoxy) is 2. The first-order valence-electron chi connectivity index (χ1n) is 8.96. The fraction of sp³-hybridized carbons (Fsp3) is 0.381. The van der Waals surface area contributed by atoms with Crippen LogP contribution in [0.1, 0.15) is 51.9 Å². The number of carboxylic acid groups (broad SMARTS) is 1. The Morgan fingerprint density at radius 2 is 1.38 bits per heavy atom. The van der Waals surface area contributed by atoms with Gasteiger partial charge in [-0.25, -0.2) is 14.4 Å². The molecule has 0 aliphatic rings. The Kier molecular flexibility index (Phi) is 6.37. The SMILES string of the molecule is CC(C)(C)OC(=O)N(C(=O)OC(C)(C)C)c1scc(-c2ccccc2)c1C(=O)O. The number of benzene rings is 1. The van der Waals surface area contributed by atoms with Gasteiger partial charge in [0.25, 0.3) is 0 Å². The molecule has 7 nitrogen and oxygen atoms in total. The molecule has 8 heteroatoms. The molecule has 0 aliphatic heterocycles. The van der Waals surface area contributed by atoms with Crippen molar-refractivity contribution in [3.63, 3.8) is 0 Å². The van der Waals surface area contributed by atoms with Crippen LogP contribution >= 0.6 is 11.3 Å². The van der Waals surface area contributed by atoms with Gasteiger partial charge in [0.2, 0.25) is 0 Å². The average Bonchev–Trinajstić information content (AvgIpc) is 2.97. The Hall–Kier alpha value is -2.87. The predicted octanol–water partition coefficient (Wildman–Crippen LogP) is 5.79. The monoisotopic (exact) mass is 419 g/mol. The van der Waals surface area contributed by atoms with E-state index in [-0.39, 0.29) is 10.6 Å². The fourth-order valence-corrected chi connectivity index (χ4v) is 3.46. The van der Waals surface area contributed by atoms with Crippen LogP contribution in [0.2, 0.25) is 0 Å². The van der Waals surface area contributed by atoms with E-state index in [1.165, 1.54) is 0 Å². The number of amides is 2. The molecule has 2 aromatic rings. The maximum absolute atomic E-state index is 12.8. The van der Waals surface area contributed by atoms with E-state index in [4.69, 9.17) is 9.47 Å². The lowest BCUT2D eigenvalue weighted by molar-refractivity contribution is 0.0432. The topological polar surface area (TPSA) is 93.1 Å². The van der Waals surface area contributed by atoms with Gasteiger partial charge in [-0.05, 0) is 47.1 Å². The van der Waals surface area contributed by atoms with Crippen molar-refractivity contribution in [1.82, 2.24) is 0 Å². The van der Waals surface area contributed by atoms with Gasteiger partial charge in [-0.1, -0.05) is 30.3 Å². The second-order valence-electron chi connectivity index (χ2n) is 8.30. The lowest BCUT2D eigenvalue weighted by atomic mass is 10.0. The zero-order valence-electron chi connectivity index (χ0n) is 17.3. The van der Waals surface area contributed by atoms with Crippen molar-refractivity contribution in [1.29, 1.82) is 0 Å². The summed E-state index contributed by atoms with van der Waals surface area (Å²) < 4.78 is 10.7. The lowest BCUT2D eigenvalue weighted by Crippen LogP contribution is -2.44. The molecule has 1 N–H and O–H groups in total. The van der Waals surface area contributed by atoms with Crippen molar-refractivity contribution in [3.05, 3.63) is 41.3 Å². The maximum Gasteiger partial charge on any atom is 0.425 e. The van der Waals surface area contributed by atoms with Crippen LogP contribution in [0.5, 0.6) is 0 Å². The Labute approximate surface area is 173 Å². The van der Waals surface area contributed by atoms with Gasteiger partial charge in [0.15, 0.2) is 0 Å². The van der Waals surface area contributed by atoms with Gasteiger partial charge in [-0.2, -0.15) is 4.90 Å². The summed E-state index contributed by atoms with van der Waals surface area (Å²) in [4.78, 5) is 38.4. The van der Waals surface area contributed by atoms with E-state index in [1.807, 2.05) is 6.07 Å². The number of hydrogen-bond acceptors (Lipinski definition) is 6. The summed E-state index contributed by atoms with van der Waals surface area (Å²) in [6.07, 6.45) is -2.01. The molecule has 1 heterocycles. The Morgan fingerprint density at radius 3 is 1.79 bits per heavy atom. The molecule has 0 spiro atoms. The minimum absolute atomic E-state index is 0.0696. The van der Waals surface area contributed by atoms with Crippen LogP contribution in [0.25, 0.3) is 11.1 Å². The number of carbonyl (C=O) groups excluding carboxylic acids is 2. The largest absolute Gasteiger partial charge is 0.478 e. The van der Waals surface area contributed by atoms with Crippen LogP contribution in [-0.2, 0) is 9.47 Å². The normalized spacial score (nSPS) is 11.7. The molecule has 156 valence electrons. The number of carbonyl (C=O) groups is 3. The van der Waals surface area contributed by atoms with Gasteiger partial charge in [-0.15, -0.1) is 11.3 Å². The van der Waals surface area contributed by atoms with Gasteiger partial charge in [0.1, 0.15) is 21.8 Å². The molecule has 0 saturated carbocycles. The van der Waals surface area contributed by atoms with Crippen LogP contribution in [0, 0.1) is 0 Å². The van der Waals surface area contributed by atoms with Crippen LogP contribution in [-0.4, -0.2) is 34.5 Å². The van der Waals surface area contributed by atoms with E-state index in [0.717, 1.165) is 11.3 Å². The summed E-state index contributed by atoms with van der Waals surface area (Å²) in [5.74, 6) is -1.27. The number of carboxylic acids is 1. The third-order valence-electron chi connectivity index (χ3n) is 3.43. The maximum atomic E-state index is 12.8. The molecule has 29 heavy (non-hydrogen) atoms. The number of imide groups is 1. The Balaban J connectivity index is 2.61. The van der Waals surface area contributed by atoms with E-state index >= 15 is 0 Å². The summed E-state index contributed by atoms with van der Waals surface area (Å²) in [5.41, 5.74) is -0.894. The fourth-order valence-electron chi connectivity index (χ4n) is 2.40. The molecule has 0 bridgehead atoms. The Bertz CT molecular complexity index is 877. The third kappa shape index (κ3) is 5.80. The highest BCUT2D eigenvalue weighted by atomic mass is 32.1. The second-order valence-corrected chi connectivity index (χ2v) is 9.15. The molecular weight excluding hydrogens is 394 g/mol. The smallest absolute Gasteiger partial charge is 0.425 e. The molecule has 2 amide bonds. The Morgan fingerprint density at radius 1 is 0.897 bits per heavy atom. The molecule has 0 aliphatic carbocycles. The zero-order chi connectivity index (χ0) is 22.0. The van der Waals surface area contributed by atoms with Crippen molar-refractivity contribution in [2.75, 3.05) is 4.90 Å². The molecular formula is C21H25NO6S. The van der Waals surface area contributed by atoms with Crippen LogP contribution in [0.4, 0.5) is 14.6 Å². The van der Waals surface area contributed by atoms with E-state index in [1.54, 1.807) is 71.2 Å². The van der Waals surface area contributed by atoms with Gasteiger partial charge in [0, 0.05) is 10.9 Å². The predicted molar refractivity (Wildman–Crippen MR) is 112 cm³/mol. The molecule has 0 fully saturated rings. The van der Waals surface area contributed by atoms with Crippen molar-refractivity contribution >= 4 is 34.5 Å². The van der Waals surface area contributed by atoms with Gasteiger partial charge in [0.05, 0.1) is 0 Å². The number of aromatic carboxylic acids is 1. The first-order chi connectivity index (χ1) is 13.3. The summed E-state index contributed by atoms with van der Waals surface area (Å²) in [7, 11) is 0. The minimum atomic E-state index is -1.27. The quantitative estimate of drug-likeness (QED) is 0.677. The van der Waals surface area contributed by atoms with Crippen molar-refractivity contribution in [2.45, 2.75) is 52.7 Å². The minimum Gasteiger partial charge on any atom is -0.478 e. The molecule has 0 saturated heterocycles. The molecule has 0 unspecified atom stereocenters. The standard InChI is InChI=1S/C21H25NO6S/c1-20(2,3)27-18(25)22(19(26)28-21(4,5)6)16-15(17(23)24)14(12-29-16)13-10-8-7-9-11-13/h7-12H,1-6H3,(H,23,24). The van der Waals surface area contributed by atoms with E-state index in [9.17, 15) is 19.5 Å². The summed E-state index contributed by atoms with van der Waals surface area (Å²) in [6.45, 7) is 9.92. The number of nitrogens with zero attached hydrogens (tertiary/aromatic N) is 1. The highest BCUT2D eigenvalue weighted by Gasteiger charge is 2.37. The first-order valence-corrected chi connectivity index (χ1v) is 9.84. The average molecular weight is 419 g/mol. The molecule has 1 aromatic heterocycles. The number of rotatable bonds is 3. The van der Waals surface area contributed by atoms with Crippen molar-refractivity contribution in [3.8, 4) is 11.1 Å². The molecule has 1 aromatic carbocycles. The van der Waals surface area contributed by atoms with Gasteiger partial charge < -0.3 is 14.6 Å². The van der Waals surface area contributed by atoms with Crippen LogP contribution < -0.4 is 4.90 Å². The van der Waals surface area contributed by atoms with Gasteiger partial charge >= 0.3 is 18.2 Å². The van der Waals surface area contributed by atoms with E-state index in [0.29, 0.717) is 16.0 Å². The molecule has 0 radical (unpaired) electrons. The highest BCUT2D eigenvalue weighted by molar-refractivity contribution is 7.15. The highest BCUT2D eigenvalue weighted by Crippen LogP contribution is 2.39. The molecule has 2 rings (SSSR count). The van der Waals surface area contributed by atoms with Crippen molar-refractivity contribution in [2.24, 2.45) is 0 Å². The van der Waals surface area contributed by atoms with E-state index < -0.39 is 29.4 Å². The van der Waals surface area contributed by atoms with Gasteiger partial charge in [-0.3, -0.25) is 0 Å². The van der Waals surface area contributed by atoms with Crippen molar-refractivity contribution < 1.29 is 29.0 Å². The summed E-state index contributed by atoms with van der Waals surface area (Å²) in [5, 5.41) is 11.4. The van der Waals surface area contributed by atoms with Crippen LogP contribution in [0.15, 0.2) is 35.7 Å². The molecule has 0 atom stereocenters. The third-order valence-corrected chi connectivity index (χ3v) is 4.39.